The lowest BCUT2D eigenvalue weighted by atomic mass is 10.0. The largest absolute Gasteiger partial charge is 0.462 e. The van der Waals surface area contributed by atoms with E-state index in [2.05, 4.69) is 10.6 Å². The highest BCUT2D eigenvalue weighted by molar-refractivity contribution is 6.17. The summed E-state index contributed by atoms with van der Waals surface area (Å²) in [6, 6.07) is 14.0. The maximum absolute atomic E-state index is 12.8. The highest BCUT2D eigenvalue weighted by atomic mass is 16.5. The van der Waals surface area contributed by atoms with Gasteiger partial charge in [0, 0.05) is 11.4 Å². The van der Waals surface area contributed by atoms with E-state index in [1.807, 2.05) is 31.2 Å². The second-order valence-corrected chi connectivity index (χ2v) is 6.80. The minimum absolute atomic E-state index is 0.283. The summed E-state index contributed by atoms with van der Waals surface area (Å²) in [5, 5.41) is 5.69. The van der Waals surface area contributed by atoms with E-state index in [-0.39, 0.29) is 11.8 Å². The smallest absolute Gasteiger partial charge is 0.338 e. The molecule has 0 unspecified atom stereocenters. The van der Waals surface area contributed by atoms with Gasteiger partial charge in [-0.05, 0) is 62.1 Å². The molecule has 0 bridgehead atoms. The molecule has 3 rings (SSSR count). The molecule has 1 aliphatic rings. The average molecular weight is 380 g/mol. The molecule has 2 aromatic rings. The monoisotopic (exact) mass is 380 g/mol. The van der Waals surface area contributed by atoms with Crippen LogP contribution >= 0.6 is 0 Å². The lowest BCUT2D eigenvalue weighted by Gasteiger charge is -2.17. The summed E-state index contributed by atoms with van der Waals surface area (Å²) in [4.78, 5) is 37.2. The van der Waals surface area contributed by atoms with Crippen molar-refractivity contribution >= 4 is 29.2 Å². The molecular formula is C22H24N2O4. The fraction of sp³-hybridized carbons (Fsp3) is 0.318. The van der Waals surface area contributed by atoms with Crippen LogP contribution in [0.25, 0.3) is 0 Å². The third-order valence-corrected chi connectivity index (χ3v) is 4.92. The van der Waals surface area contributed by atoms with Crippen LogP contribution in [0.2, 0.25) is 0 Å². The third kappa shape index (κ3) is 4.06. The summed E-state index contributed by atoms with van der Waals surface area (Å²) < 4.78 is 4.94. The van der Waals surface area contributed by atoms with E-state index in [1.54, 1.807) is 31.2 Å². The fourth-order valence-corrected chi connectivity index (χ4v) is 3.03. The molecule has 1 aliphatic carbocycles. The Morgan fingerprint density at radius 2 is 1.57 bits per heavy atom. The number of carbonyl (C=O) groups is 3. The van der Waals surface area contributed by atoms with E-state index >= 15 is 0 Å². The summed E-state index contributed by atoms with van der Waals surface area (Å²) in [7, 11) is 0. The lowest BCUT2D eigenvalue weighted by molar-refractivity contribution is -0.131. The quantitative estimate of drug-likeness (QED) is 0.565. The lowest BCUT2D eigenvalue weighted by Crippen LogP contribution is -2.35. The second kappa shape index (κ2) is 8.25. The molecule has 0 heterocycles. The predicted octanol–water partition coefficient (Wildman–Crippen LogP) is 3.78. The van der Waals surface area contributed by atoms with Gasteiger partial charge in [-0.15, -0.1) is 0 Å². The topological polar surface area (TPSA) is 84.5 Å². The first kappa shape index (κ1) is 19.6. The molecule has 0 atom stereocenters. The molecule has 6 heteroatoms. The van der Waals surface area contributed by atoms with Gasteiger partial charge in [0.2, 0.25) is 11.8 Å². The van der Waals surface area contributed by atoms with Gasteiger partial charge < -0.3 is 15.4 Å². The number of anilines is 2. The van der Waals surface area contributed by atoms with Crippen LogP contribution in [0.1, 0.15) is 42.6 Å². The summed E-state index contributed by atoms with van der Waals surface area (Å²) >= 11 is 0. The maximum Gasteiger partial charge on any atom is 0.338 e. The number of nitrogens with one attached hydrogen (secondary N) is 2. The van der Waals surface area contributed by atoms with Crippen molar-refractivity contribution in [2.75, 3.05) is 17.2 Å². The van der Waals surface area contributed by atoms with Gasteiger partial charge in [0.15, 0.2) is 0 Å². The van der Waals surface area contributed by atoms with Crippen molar-refractivity contribution in [2.24, 2.45) is 5.41 Å². The van der Waals surface area contributed by atoms with E-state index in [1.165, 1.54) is 0 Å². The summed E-state index contributed by atoms with van der Waals surface area (Å²) in [5.41, 5.74) is 1.68. The molecule has 28 heavy (non-hydrogen) atoms. The van der Waals surface area contributed by atoms with Gasteiger partial charge in [-0.1, -0.05) is 25.1 Å². The Morgan fingerprint density at radius 1 is 0.929 bits per heavy atom. The van der Waals surface area contributed by atoms with Gasteiger partial charge in [0.05, 0.1) is 12.2 Å². The van der Waals surface area contributed by atoms with Gasteiger partial charge in [-0.3, -0.25) is 9.59 Å². The molecule has 6 nitrogen and oxygen atoms in total. The predicted molar refractivity (Wildman–Crippen MR) is 107 cm³/mol. The van der Waals surface area contributed by atoms with E-state index in [0.29, 0.717) is 30.7 Å². The number of aryl methyl sites for hydroxylation is 1. The highest BCUT2D eigenvalue weighted by Gasteiger charge is 2.56. The molecule has 2 amide bonds. The fourth-order valence-electron chi connectivity index (χ4n) is 3.03. The first-order valence-electron chi connectivity index (χ1n) is 9.48. The van der Waals surface area contributed by atoms with Crippen LogP contribution in [0.15, 0.2) is 48.5 Å². The molecular weight excluding hydrogens is 356 g/mol. The Hall–Kier alpha value is -3.15. The van der Waals surface area contributed by atoms with E-state index < -0.39 is 11.4 Å². The van der Waals surface area contributed by atoms with Crippen molar-refractivity contribution in [3.63, 3.8) is 0 Å². The standard InChI is InChI=1S/C22H24N2O4/c1-3-15-7-5-6-8-18(15)24-21(27)22(13-14-22)20(26)23-17-11-9-16(10-12-17)19(25)28-4-2/h5-12H,3-4,13-14H2,1-2H3,(H,23,26)(H,24,27). The third-order valence-electron chi connectivity index (χ3n) is 4.92. The molecule has 0 aromatic heterocycles. The Balaban J connectivity index is 1.66. The van der Waals surface area contributed by atoms with Gasteiger partial charge in [-0.25, -0.2) is 4.79 Å². The molecule has 2 aromatic carbocycles. The molecule has 2 N–H and O–H groups in total. The summed E-state index contributed by atoms with van der Waals surface area (Å²) in [6.45, 7) is 4.06. The van der Waals surface area contributed by atoms with Gasteiger partial charge >= 0.3 is 5.97 Å². The number of amides is 2. The zero-order valence-electron chi connectivity index (χ0n) is 16.1. The van der Waals surface area contributed by atoms with Crippen molar-refractivity contribution < 1.29 is 19.1 Å². The van der Waals surface area contributed by atoms with E-state index in [4.69, 9.17) is 4.74 Å². The molecule has 0 saturated heterocycles. The SMILES string of the molecule is CCOC(=O)c1ccc(NC(=O)C2(C(=O)Nc3ccccc3CC)CC2)cc1. The zero-order chi connectivity index (χ0) is 20.1. The first-order valence-corrected chi connectivity index (χ1v) is 9.48. The molecule has 146 valence electrons. The number of benzene rings is 2. The van der Waals surface area contributed by atoms with Gasteiger partial charge in [0.1, 0.15) is 5.41 Å². The van der Waals surface area contributed by atoms with E-state index in [0.717, 1.165) is 17.7 Å². The van der Waals surface area contributed by atoms with Crippen molar-refractivity contribution in [3.05, 3.63) is 59.7 Å². The number of para-hydroxylation sites is 1. The molecule has 0 aliphatic heterocycles. The van der Waals surface area contributed by atoms with Crippen LogP contribution in [-0.2, 0) is 20.7 Å². The van der Waals surface area contributed by atoms with Crippen molar-refractivity contribution in [1.29, 1.82) is 0 Å². The van der Waals surface area contributed by atoms with Crippen LogP contribution in [0, 0.1) is 5.41 Å². The molecule has 0 radical (unpaired) electrons. The number of esters is 1. The molecule has 1 saturated carbocycles. The molecule has 1 fully saturated rings. The normalized spacial score (nSPS) is 14.1. The minimum Gasteiger partial charge on any atom is -0.462 e. The number of hydrogen-bond donors (Lipinski definition) is 2. The van der Waals surface area contributed by atoms with Crippen molar-refractivity contribution in [2.45, 2.75) is 33.1 Å². The highest BCUT2D eigenvalue weighted by Crippen LogP contribution is 2.47. The van der Waals surface area contributed by atoms with Gasteiger partial charge in [-0.2, -0.15) is 0 Å². The van der Waals surface area contributed by atoms with Crippen molar-refractivity contribution in [3.8, 4) is 0 Å². The minimum atomic E-state index is -1.04. The number of carbonyl (C=O) groups excluding carboxylic acids is 3. The van der Waals surface area contributed by atoms with Crippen molar-refractivity contribution in [1.82, 2.24) is 0 Å². The number of hydrogen-bond acceptors (Lipinski definition) is 4. The van der Waals surface area contributed by atoms with E-state index in [9.17, 15) is 14.4 Å². The van der Waals surface area contributed by atoms with Crippen LogP contribution in [0.5, 0.6) is 0 Å². The van der Waals surface area contributed by atoms with Crippen LogP contribution < -0.4 is 10.6 Å². The summed E-state index contributed by atoms with van der Waals surface area (Å²) in [6.07, 6.45) is 1.82. The van der Waals surface area contributed by atoms with Gasteiger partial charge in [0.25, 0.3) is 0 Å². The Labute approximate surface area is 164 Å². The van der Waals surface area contributed by atoms with Crippen LogP contribution in [0.4, 0.5) is 11.4 Å². The first-order chi connectivity index (χ1) is 13.5. The van der Waals surface area contributed by atoms with Crippen LogP contribution in [0.3, 0.4) is 0 Å². The Morgan fingerprint density at radius 3 is 2.18 bits per heavy atom. The second-order valence-electron chi connectivity index (χ2n) is 6.80. The zero-order valence-corrected chi connectivity index (χ0v) is 16.1. The average Bonchev–Trinajstić information content (AvgIpc) is 3.51. The maximum atomic E-state index is 12.8. The number of ether oxygens (including phenoxy) is 1. The summed E-state index contributed by atoms with van der Waals surface area (Å²) in [5.74, 6) is -1.02. The Kier molecular flexibility index (Phi) is 5.78. The Bertz CT molecular complexity index is 886. The van der Waals surface area contributed by atoms with Crippen LogP contribution in [-0.4, -0.2) is 24.4 Å². The molecule has 0 spiro atoms. The number of rotatable bonds is 7.